The number of halogens is 1. The first kappa shape index (κ1) is 15.4. The lowest BCUT2D eigenvalue weighted by Gasteiger charge is -2.35. The van der Waals surface area contributed by atoms with Crippen molar-refractivity contribution in [3.05, 3.63) is 0 Å². The first-order chi connectivity index (χ1) is 7.85. The SMILES string of the molecule is CC(Br)CCN(C)S(=O)(=O)N1CCCCC1C. The van der Waals surface area contributed by atoms with Gasteiger partial charge in [0.2, 0.25) is 0 Å². The van der Waals surface area contributed by atoms with Crippen LogP contribution in [0.2, 0.25) is 0 Å². The summed E-state index contributed by atoms with van der Waals surface area (Å²) in [6.07, 6.45) is 3.92. The molecule has 0 radical (unpaired) electrons. The molecule has 17 heavy (non-hydrogen) atoms. The third-order valence-electron chi connectivity index (χ3n) is 3.27. The summed E-state index contributed by atoms with van der Waals surface area (Å²) in [5.41, 5.74) is 0. The van der Waals surface area contributed by atoms with E-state index in [0.29, 0.717) is 17.9 Å². The number of hydrogen-bond acceptors (Lipinski definition) is 2. The Kier molecular flexibility index (Phi) is 5.89. The molecule has 0 aliphatic carbocycles. The van der Waals surface area contributed by atoms with E-state index in [0.717, 1.165) is 25.7 Å². The maximum absolute atomic E-state index is 12.3. The number of nitrogens with zero attached hydrogens (tertiary/aromatic N) is 2. The second kappa shape index (κ2) is 6.50. The average Bonchev–Trinajstić information content (AvgIpc) is 2.26. The standard InChI is InChI=1S/C11H23BrN2O2S/c1-10(12)7-9-13(3)17(15,16)14-8-5-4-6-11(14)2/h10-11H,4-9H2,1-3H3. The molecular formula is C11H23BrN2O2S. The largest absolute Gasteiger partial charge is 0.281 e. The fraction of sp³-hybridized carbons (Fsp3) is 1.00. The molecule has 0 aromatic rings. The minimum absolute atomic E-state index is 0.137. The van der Waals surface area contributed by atoms with Crippen LogP contribution in [0.3, 0.4) is 0 Å². The fourth-order valence-corrected chi connectivity index (χ4v) is 3.89. The normalized spacial score (nSPS) is 25.1. The Morgan fingerprint density at radius 2 is 2.12 bits per heavy atom. The van der Waals surface area contributed by atoms with Crippen LogP contribution >= 0.6 is 15.9 Å². The molecule has 102 valence electrons. The van der Waals surface area contributed by atoms with Crippen LogP contribution in [0.4, 0.5) is 0 Å². The average molecular weight is 327 g/mol. The molecule has 1 heterocycles. The van der Waals surface area contributed by atoms with Crippen molar-refractivity contribution < 1.29 is 8.42 Å². The van der Waals surface area contributed by atoms with Crippen molar-refractivity contribution >= 4 is 26.1 Å². The molecule has 2 unspecified atom stereocenters. The van der Waals surface area contributed by atoms with Crippen molar-refractivity contribution in [1.82, 2.24) is 8.61 Å². The summed E-state index contributed by atoms with van der Waals surface area (Å²) < 4.78 is 27.8. The molecule has 2 atom stereocenters. The third kappa shape index (κ3) is 4.19. The van der Waals surface area contributed by atoms with Gasteiger partial charge in [-0.25, -0.2) is 0 Å². The molecule has 1 rings (SSSR count). The van der Waals surface area contributed by atoms with E-state index in [-0.39, 0.29) is 6.04 Å². The Hall–Kier alpha value is 0.350. The predicted octanol–water partition coefficient (Wildman–Crippen LogP) is 2.21. The maximum Gasteiger partial charge on any atom is 0.281 e. The molecule has 0 aromatic carbocycles. The van der Waals surface area contributed by atoms with Crippen LogP contribution in [0.5, 0.6) is 0 Å². The predicted molar refractivity (Wildman–Crippen MR) is 74.6 cm³/mol. The zero-order chi connectivity index (χ0) is 13.1. The van der Waals surface area contributed by atoms with Crippen molar-refractivity contribution in [2.45, 2.75) is 50.4 Å². The summed E-state index contributed by atoms with van der Waals surface area (Å²) >= 11 is 3.44. The molecule has 6 heteroatoms. The molecule has 0 bridgehead atoms. The van der Waals surface area contributed by atoms with Crippen LogP contribution in [-0.2, 0) is 10.2 Å². The van der Waals surface area contributed by atoms with E-state index in [2.05, 4.69) is 15.9 Å². The van der Waals surface area contributed by atoms with Gasteiger partial charge in [0.15, 0.2) is 0 Å². The van der Waals surface area contributed by atoms with Gasteiger partial charge in [-0.05, 0) is 26.2 Å². The first-order valence-electron chi connectivity index (χ1n) is 6.23. The van der Waals surface area contributed by atoms with Gasteiger partial charge in [-0.1, -0.05) is 29.3 Å². The molecule has 4 nitrogen and oxygen atoms in total. The van der Waals surface area contributed by atoms with Gasteiger partial charge in [0, 0.05) is 31.0 Å². The molecule has 1 aliphatic heterocycles. The minimum Gasteiger partial charge on any atom is -0.195 e. The Balaban J connectivity index is 2.65. The topological polar surface area (TPSA) is 40.6 Å². The molecule has 0 amide bonds. The first-order valence-corrected chi connectivity index (χ1v) is 8.54. The van der Waals surface area contributed by atoms with E-state index in [9.17, 15) is 8.42 Å². The number of piperidine rings is 1. The lowest BCUT2D eigenvalue weighted by Crippen LogP contribution is -2.48. The van der Waals surface area contributed by atoms with Crippen LogP contribution in [0, 0.1) is 0 Å². The van der Waals surface area contributed by atoms with Crippen LogP contribution in [0.15, 0.2) is 0 Å². The van der Waals surface area contributed by atoms with E-state index >= 15 is 0 Å². The Bertz CT molecular complexity index is 332. The highest BCUT2D eigenvalue weighted by Gasteiger charge is 2.32. The summed E-state index contributed by atoms with van der Waals surface area (Å²) in [5.74, 6) is 0. The molecule has 0 saturated carbocycles. The zero-order valence-electron chi connectivity index (χ0n) is 10.9. The van der Waals surface area contributed by atoms with Gasteiger partial charge in [0.1, 0.15) is 0 Å². The summed E-state index contributed by atoms with van der Waals surface area (Å²) in [4.78, 5) is 0.346. The fourth-order valence-electron chi connectivity index (χ4n) is 2.07. The highest BCUT2D eigenvalue weighted by molar-refractivity contribution is 9.09. The lowest BCUT2D eigenvalue weighted by atomic mass is 10.1. The number of rotatable bonds is 5. The molecule has 1 saturated heterocycles. The van der Waals surface area contributed by atoms with Crippen LogP contribution in [0.1, 0.15) is 39.5 Å². The third-order valence-corrected chi connectivity index (χ3v) is 5.84. The van der Waals surface area contributed by atoms with Gasteiger partial charge >= 0.3 is 0 Å². The van der Waals surface area contributed by atoms with Crippen molar-refractivity contribution in [3.63, 3.8) is 0 Å². The zero-order valence-corrected chi connectivity index (χ0v) is 13.3. The van der Waals surface area contributed by atoms with E-state index in [1.165, 1.54) is 4.31 Å². The smallest absolute Gasteiger partial charge is 0.195 e. The van der Waals surface area contributed by atoms with Gasteiger partial charge in [-0.3, -0.25) is 0 Å². The van der Waals surface area contributed by atoms with E-state index in [1.54, 1.807) is 11.4 Å². The summed E-state index contributed by atoms with van der Waals surface area (Å²) in [7, 11) is -1.59. The van der Waals surface area contributed by atoms with E-state index in [4.69, 9.17) is 0 Å². The van der Waals surface area contributed by atoms with Crippen molar-refractivity contribution in [2.75, 3.05) is 20.1 Å². The molecular weight excluding hydrogens is 304 g/mol. The minimum atomic E-state index is -3.26. The van der Waals surface area contributed by atoms with Crippen LogP contribution in [-0.4, -0.2) is 48.0 Å². The van der Waals surface area contributed by atoms with Gasteiger partial charge < -0.3 is 0 Å². The Labute approximate surface area is 114 Å². The quantitative estimate of drug-likeness (QED) is 0.727. The maximum atomic E-state index is 12.3. The van der Waals surface area contributed by atoms with E-state index in [1.807, 2.05) is 13.8 Å². The molecule has 0 spiro atoms. The molecule has 0 N–H and O–H groups in total. The number of alkyl halides is 1. The Morgan fingerprint density at radius 1 is 1.47 bits per heavy atom. The Morgan fingerprint density at radius 3 is 2.65 bits per heavy atom. The molecule has 0 aromatic heterocycles. The highest BCUT2D eigenvalue weighted by Crippen LogP contribution is 2.22. The van der Waals surface area contributed by atoms with Crippen LogP contribution < -0.4 is 0 Å². The van der Waals surface area contributed by atoms with E-state index < -0.39 is 10.2 Å². The van der Waals surface area contributed by atoms with Gasteiger partial charge in [-0.2, -0.15) is 17.0 Å². The summed E-state index contributed by atoms with van der Waals surface area (Å²) in [5, 5.41) is 0. The number of hydrogen-bond donors (Lipinski definition) is 0. The summed E-state index contributed by atoms with van der Waals surface area (Å²) in [6.45, 7) is 5.26. The van der Waals surface area contributed by atoms with Crippen LogP contribution in [0.25, 0.3) is 0 Å². The second-order valence-electron chi connectivity index (χ2n) is 4.85. The summed E-state index contributed by atoms with van der Waals surface area (Å²) in [6, 6.07) is 0.137. The lowest BCUT2D eigenvalue weighted by molar-refractivity contribution is 0.250. The van der Waals surface area contributed by atoms with Gasteiger partial charge in [0.25, 0.3) is 10.2 Å². The van der Waals surface area contributed by atoms with Gasteiger partial charge in [-0.15, -0.1) is 0 Å². The van der Waals surface area contributed by atoms with Crippen molar-refractivity contribution in [2.24, 2.45) is 0 Å². The van der Waals surface area contributed by atoms with Gasteiger partial charge in [0.05, 0.1) is 0 Å². The monoisotopic (exact) mass is 326 g/mol. The highest BCUT2D eigenvalue weighted by atomic mass is 79.9. The second-order valence-corrected chi connectivity index (χ2v) is 8.41. The van der Waals surface area contributed by atoms with Crippen molar-refractivity contribution in [1.29, 1.82) is 0 Å². The molecule has 1 aliphatic rings. The van der Waals surface area contributed by atoms with Crippen molar-refractivity contribution in [3.8, 4) is 0 Å². The molecule has 1 fully saturated rings.